The van der Waals surface area contributed by atoms with Crippen LogP contribution in [0.25, 0.3) is 0 Å². The third kappa shape index (κ3) is 2.43. The molecular formula is C6H11NO2Si. The molecule has 0 N–H and O–H groups in total. The van der Waals surface area contributed by atoms with Crippen LogP contribution in [0.1, 0.15) is 12.8 Å². The summed E-state index contributed by atoms with van der Waals surface area (Å²) in [6.07, 6.45) is 4.60. The molecule has 1 atom stereocenters. The molecule has 0 saturated carbocycles. The number of nitrogens with zero attached hydrogens (tertiary/aromatic N) is 1. The molecule has 1 aliphatic heterocycles. The Morgan fingerprint density at radius 2 is 2.50 bits per heavy atom. The summed E-state index contributed by atoms with van der Waals surface area (Å²) in [6.45, 7) is 0.880. The number of aliphatic imine (C=N–C) groups is 1. The van der Waals surface area contributed by atoms with Crippen molar-refractivity contribution in [1.29, 1.82) is 0 Å². The molecule has 0 aliphatic carbocycles. The second-order valence-electron chi connectivity index (χ2n) is 2.42. The Balaban J connectivity index is 2.19. The lowest BCUT2D eigenvalue weighted by Crippen LogP contribution is -2.26. The molecule has 1 heterocycles. The first kappa shape index (κ1) is 7.66. The van der Waals surface area contributed by atoms with Crippen LogP contribution < -0.4 is 0 Å². The summed E-state index contributed by atoms with van der Waals surface area (Å²) < 4.78 is 5.45. The summed E-state index contributed by atoms with van der Waals surface area (Å²) in [5.74, 6) is 0. The topological polar surface area (TPSA) is 38.7 Å². The standard InChI is InChI=1S/C6H11NO2Si/c8-5-7-6-10-4-2-1-3-9-10/h10H,1-4,6H2. The first-order valence-electron chi connectivity index (χ1n) is 3.58. The molecule has 0 spiro atoms. The van der Waals surface area contributed by atoms with Crippen molar-refractivity contribution in [2.75, 3.05) is 12.8 Å². The maximum Gasteiger partial charge on any atom is 0.234 e. The molecule has 10 heavy (non-hydrogen) atoms. The van der Waals surface area contributed by atoms with Gasteiger partial charge in [0.2, 0.25) is 6.08 Å². The number of isocyanates is 1. The van der Waals surface area contributed by atoms with Crippen LogP contribution in [-0.4, -0.2) is 27.9 Å². The Kier molecular flexibility index (Phi) is 3.36. The smallest absolute Gasteiger partial charge is 0.234 e. The van der Waals surface area contributed by atoms with Gasteiger partial charge in [-0.3, -0.25) is 0 Å². The van der Waals surface area contributed by atoms with E-state index in [2.05, 4.69) is 4.99 Å². The van der Waals surface area contributed by atoms with Gasteiger partial charge in [-0.25, -0.2) is 9.79 Å². The van der Waals surface area contributed by atoms with Gasteiger partial charge in [0.05, 0.1) is 6.17 Å². The summed E-state index contributed by atoms with van der Waals surface area (Å²) >= 11 is 0. The van der Waals surface area contributed by atoms with E-state index >= 15 is 0 Å². The lowest BCUT2D eigenvalue weighted by atomic mass is 10.4. The highest BCUT2D eigenvalue weighted by atomic mass is 28.3. The van der Waals surface area contributed by atoms with Gasteiger partial charge in [0.15, 0.2) is 9.04 Å². The van der Waals surface area contributed by atoms with E-state index in [0.29, 0.717) is 6.17 Å². The normalized spacial score (nSPS) is 25.4. The van der Waals surface area contributed by atoms with E-state index < -0.39 is 9.04 Å². The largest absolute Gasteiger partial charge is 0.418 e. The van der Waals surface area contributed by atoms with Crippen molar-refractivity contribution in [1.82, 2.24) is 0 Å². The van der Waals surface area contributed by atoms with Crippen molar-refractivity contribution >= 4 is 15.1 Å². The molecule has 1 aliphatic rings. The van der Waals surface area contributed by atoms with Crippen LogP contribution in [0.5, 0.6) is 0 Å². The Labute approximate surface area is 61.8 Å². The number of carbonyl (C=O) groups excluding carboxylic acids is 1. The van der Waals surface area contributed by atoms with E-state index in [0.717, 1.165) is 6.61 Å². The monoisotopic (exact) mass is 157 g/mol. The SMILES string of the molecule is O=C=NC[SiH]1CCCCO1. The van der Waals surface area contributed by atoms with E-state index in [4.69, 9.17) is 4.43 Å². The Morgan fingerprint density at radius 3 is 3.10 bits per heavy atom. The number of rotatable bonds is 2. The van der Waals surface area contributed by atoms with Crippen LogP contribution in [0.2, 0.25) is 6.04 Å². The highest BCUT2D eigenvalue weighted by molar-refractivity contribution is 6.52. The molecule has 0 radical (unpaired) electrons. The molecule has 0 aromatic heterocycles. The van der Waals surface area contributed by atoms with Gasteiger partial charge in [-0.2, -0.15) is 0 Å². The molecule has 4 heteroatoms. The minimum atomic E-state index is -1.07. The molecule has 3 nitrogen and oxygen atoms in total. The lowest BCUT2D eigenvalue weighted by molar-refractivity contribution is 0.287. The summed E-state index contributed by atoms with van der Waals surface area (Å²) in [5, 5.41) is 0. The predicted octanol–water partition coefficient (Wildman–Crippen LogP) is 0.396. The average Bonchev–Trinajstić information content (AvgIpc) is 2.03. The summed E-state index contributed by atoms with van der Waals surface area (Å²) in [6, 6.07) is 1.17. The van der Waals surface area contributed by atoms with E-state index in [1.165, 1.54) is 18.9 Å². The molecule has 0 amide bonds. The Bertz CT molecular complexity index is 139. The first-order valence-corrected chi connectivity index (χ1v) is 5.69. The molecule has 0 aromatic rings. The van der Waals surface area contributed by atoms with Crippen molar-refractivity contribution in [2.24, 2.45) is 4.99 Å². The fourth-order valence-electron chi connectivity index (χ4n) is 1.09. The van der Waals surface area contributed by atoms with Gasteiger partial charge in [-0.05, 0) is 12.5 Å². The summed E-state index contributed by atoms with van der Waals surface area (Å²) in [7, 11) is -1.07. The molecule has 1 rings (SSSR count). The average molecular weight is 157 g/mol. The zero-order valence-electron chi connectivity index (χ0n) is 5.88. The third-order valence-electron chi connectivity index (χ3n) is 1.63. The van der Waals surface area contributed by atoms with Crippen LogP contribution in [0.15, 0.2) is 4.99 Å². The fraction of sp³-hybridized carbons (Fsp3) is 0.833. The van der Waals surface area contributed by atoms with Gasteiger partial charge in [0.25, 0.3) is 0 Å². The van der Waals surface area contributed by atoms with Crippen LogP contribution in [0.4, 0.5) is 0 Å². The maximum atomic E-state index is 9.72. The Morgan fingerprint density at radius 1 is 1.60 bits per heavy atom. The molecular weight excluding hydrogens is 146 g/mol. The Hall–Kier alpha value is -0.443. The van der Waals surface area contributed by atoms with Crippen molar-refractivity contribution in [3.8, 4) is 0 Å². The molecule has 0 bridgehead atoms. The first-order chi connectivity index (χ1) is 4.93. The molecule has 56 valence electrons. The molecule has 1 saturated heterocycles. The number of hydrogen-bond acceptors (Lipinski definition) is 3. The van der Waals surface area contributed by atoms with Crippen molar-refractivity contribution in [3.05, 3.63) is 0 Å². The van der Waals surface area contributed by atoms with Crippen molar-refractivity contribution in [3.63, 3.8) is 0 Å². The van der Waals surface area contributed by atoms with Gasteiger partial charge in [0.1, 0.15) is 0 Å². The van der Waals surface area contributed by atoms with E-state index in [1.807, 2.05) is 0 Å². The van der Waals surface area contributed by atoms with Crippen LogP contribution in [0, 0.1) is 0 Å². The third-order valence-corrected chi connectivity index (χ3v) is 3.98. The summed E-state index contributed by atoms with van der Waals surface area (Å²) in [4.78, 5) is 13.2. The van der Waals surface area contributed by atoms with Gasteiger partial charge >= 0.3 is 0 Å². The minimum absolute atomic E-state index is 0.628. The van der Waals surface area contributed by atoms with Gasteiger partial charge in [-0.1, -0.05) is 6.42 Å². The van der Waals surface area contributed by atoms with Crippen LogP contribution in [0.3, 0.4) is 0 Å². The van der Waals surface area contributed by atoms with Gasteiger partial charge in [0, 0.05) is 6.61 Å². The highest BCUT2D eigenvalue weighted by Crippen LogP contribution is 2.10. The zero-order chi connectivity index (χ0) is 7.23. The quantitative estimate of drug-likeness (QED) is 0.330. The van der Waals surface area contributed by atoms with Gasteiger partial charge in [-0.15, -0.1) is 0 Å². The van der Waals surface area contributed by atoms with E-state index in [9.17, 15) is 4.79 Å². The molecule has 1 unspecified atom stereocenters. The zero-order valence-corrected chi connectivity index (χ0v) is 7.03. The second kappa shape index (κ2) is 4.38. The highest BCUT2D eigenvalue weighted by Gasteiger charge is 2.14. The molecule has 1 fully saturated rings. The van der Waals surface area contributed by atoms with Crippen LogP contribution >= 0.6 is 0 Å². The number of hydrogen-bond donors (Lipinski definition) is 0. The van der Waals surface area contributed by atoms with E-state index in [1.54, 1.807) is 6.08 Å². The maximum absolute atomic E-state index is 9.72. The van der Waals surface area contributed by atoms with Gasteiger partial charge < -0.3 is 4.43 Å². The fourth-order valence-corrected chi connectivity index (χ4v) is 3.07. The minimum Gasteiger partial charge on any atom is -0.418 e. The second-order valence-corrected chi connectivity index (χ2v) is 4.94. The van der Waals surface area contributed by atoms with Crippen molar-refractivity contribution < 1.29 is 9.22 Å². The van der Waals surface area contributed by atoms with E-state index in [-0.39, 0.29) is 0 Å². The van der Waals surface area contributed by atoms with Crippen LogP contribution in [-0.2, 0) is 9.22 Å². The molecule has 0 aromatic carbocycles. The lowest BCUT2D eigenvalue weighted by Gasteiger charge is -2.18. The van der Waals surface area contributed by atoms with Crippen molar-refractivity contribution in [2.45, 2.75) is 18.9 Å². The summed E-state index contributed by atoms with van der Waals surface area (Å²) in [5.41, 5.74) is 0. The predicted molar refractivity (Wildman–Crippen MR) is 40.1 cm³/mol.